The van der Waals surface area contributed by atoms with Crippen molar-refractivity contribution in [3.63, 3.8) is 0 Å². The highest BCUT2D eigenvalue weighted by atomic mass is 32.2. The van der Waals surface area contributed by atoms with Crippen LogP contribution in [0.25, 0.3) is 0 Å². The number of thioether (sulfide) groups is 1. The van der Waals surface area contributed by atoms with Crippen molar-refractivity contribution in [3.05, 3.63) is 23.3 Å². The fourth-order valence-corrected chi connectivity index (χ4v) is 3.73. The summed E-state index contributed by atoms with van der Waals surface area (Å²) in [5.41, 5.74) is 2.06. The van der Waals surface area contributed by atoms with Crippen molar-refractivity contribution in [1.29, 1.82) is 0 Å². The molecule has 0 radical (unpaired) electrons. The van der Waals surface area contributed by atoms with E-state index in [1.807, 2.05) is 39.8 Å². The van der Waals surface area contributed by atoms with Gasteiger partial charge in [0.05, 0.1) is 18.4 Å². The van der Waals surface area contributed by atoms with Gasteiger partial charge >= 0.3 is 0 Å². The maximum absolute atomic E-state index is 12.3. The fourth-order valence-electron chi connectivity index (χ4n) is 2.89. The lowest BCUT2D eigenvalue weighted by Gasteiger charge is -2.13. The summed E-state index contributed by atoms with van der Waals surface area (Å²) < 4.78 is 13.3. The highest BCUT2D eigenvalue weighted by molar-refractivity contribution is 7.99. The third kappa shape index (κ3) is 4.71. The Morgan fingerprint density at radius 3 is 3.04 bits per heavy atom. The summed E-state index contributed by atoms with van der Waals surface area (Å²) >= 11 is 1.32. The predicted octanol–water partition coefficient (Wildman–Crippen LogP) is 2.38. The lowest BCUT2D eigenvalue weighted by Crippen LogP contribution is -2.25. The third-order valence-corrected chi connectivity index (χ3v) is 5.07. The van der Waals surface area contributed by atoms with Crippen LogP contribution in [-0.4, -0.2) is 44.6 Å². The van der Waals surface area contributed by atoms with Crippen LogP contribution in [0.2, 0.25) is 0 Å². The zero-order chi connectivity index (χ0) is 19.4. The number of carbonyl (C=O) groups is 1. The first-order valence-corrected chi connectivity index (χ1v) is 10.1. The van der Waals surface area contributed by atoms with Crippen molar-refractivity contribution in [2.24, 2.45) is 0 Å². The van der Waals surface area contributed by atoms with E-state index in [-0.39, 0.29) is 23.8 Å². The molecule has 0 saturated carbocycles. The van der Waals surface area contributed by atoms with Crippen molar-refractivity contribution in [2.75, 3.05) is 12.4 Å². The second-order valence-electron chi connectivity index (χ2n) is 6.70. The van der Waals surface area contributed by atoms with Gasteiger partial charge in [-0.25, -0.2) is 4.68 Å². The van der Waals surface area contributed by atoms with Gasteiger partial charge in [0.1, 0.15) is 17.6 Å². The lowest BCUT2D eigenvalue weighted by atomic mass is 10.1. The molecule has 1 aromatic carbocycles. The molecule has 0 bridgehead atoms. The maximum atomic E-state index is 12.3. The molecular weight excluding hydrogens is 366 g/mol. The second kappa shape index (κ2) is 8.60. The van der Waals surface area contributed by atoms with E-state index in [1.54, 1.807) is 4.68 Å². The van der Waals surface area contributed by atoms with Crippen molar-refractivity contribution in [3.8, 4) is 11.5 Å². The van der Waals surface area contributed by atoms with Crippen molar-refractivity contribution >= 4 is 17.7 Å². The predicted molar refractivity (Wildman–Crippen MR) is 102 cm³/mol. The Bertz CT molecular complexity index is 808. The molecule has 27 heavy (non-hydrogen) atoms. The van der Waals surface area contributed by atoms with Crippen LogP contribution < -0.4 is 14.8 Å². The summed E-state index contributed by atoms with van der Waals surface area (Å²) in [6, 6.07) is 4.14. The Balaban J connectivity index is 1.60. The van der Waals surface area contributed by atoms with Gasteiger partial charge in [-0.1, -0.05) is 11.8 Å². The average Bonchev–Trinajstić information content (AvgIpc) is 3.23. The number of hydrogen-bond acceptors (Lipinski definition) is 7. The van der Waals surface area contributed by atoms with Gasteiger partial charge in [0.2, 0.25) is 11.1 Å². The maximum Gasteiger partial charge on any atom is 0.230 e. The molecule has 1 aliphatic rings. The van der Waals surface area contributed by atoms with E-state index in [0.29, 0.717) is 18.3 Å². The summed E-state index contributed by atoms with van der Waals surface area (Å²) in [4.78, 5) is 12.3. The Labute approximate surface area is 163 Å². The Morgan fingerprint density at radius 1 is 1.48 bits per heavy atom. The van der Waals surface area contributed by atoms with Crippen LogP contribution in [0.4, 0.5) is 0 Å². The molecule has 146 valence electrons. The van der Waals surface area contributed by atoms with Crippen LogP contribution in [0.1, 0.15) is 44.9 Å². The summed E-state index contributed by atoms with van der Waals surface area (Å²) in [5.74, 6) is 1.83. The van der Waals surface area contributed by atoms with Crippen LogP contribution in [0.3, 0.4) is 0 Å². The molecule has 0 unspecified atom stereocenters. The van der Waals surface area contributed by atoms with E-state index < -0.39 is 0 Å². The van der Waals surface area contributed by atoms with Gasteiger partial charge in [0.15, 0.2) is 0 Å². The van der Waals surface area contributed by atoms with Crippen LogP contribution in [0, 0.1) is 0 Å². The van der Waals surface area contributed by atoms with Crippen molar-refractivity contribution < 1.29 is 14.3 Å². The van der Waals surface area contributed by atoms with E-state index in [4.69, 9.17) is 9.47 Å². The number of nitrogens with zero attached hydrogens (tertiary/aromatic N) is 4. The number of fused-ring (bicyclic) bond motifs is 1. The zero-order valence-electron chi connectivity index (χ0n) is 16.1. The van der Waals surface area contributed by atoms with E-state index in [0.717, 1.165) is 29.0 Å². The van der Waals surface area contributed by atoms with Gasteiger partial charge in [-0.3, -0.25) is 4.79 Å². The molecule has 1 aromatic heterocycles. The number of aromatic nitrogens is 4. The number of amides is 1. The molecule has 2 aromatic rings. The normalized spacial score (nSPS) is 15.5. The molecule has 1 amide bonds. The molecule has 3 rings (SSSR count). The molecular formula is C18H25N5O3S. The van der Waals surface area contributed by atoms with Crippen LogP contribution >= 0.6 is 11.8 Å². The summed E-state index contributed by atoms with van der Waals surface area (Å²) in [7, 11) is 0. The first-order valence-electron chi connectivity index (χ1n) is 9.10. The number of nitrogens with one attached hydrogen (secondary N) is 1. The molecule has 9 heteroatoms. The molecule has 0 aliphatic carbocycles. The average molecular weight is 391 g/mol. The van der Waals surface area contributed by atoms with Gasteiger partial charge in [-0.2, -0.15) is 0 Å². The standard InChI is InChI=1S/C18H25N5O3S/c1-5-25-15-7-13-6-12(4)26-16(13)8-14(15)9-19-17(24)10-27-18-20-21-22-23(18)11(2)3/h7-8,11-12H,5-6,9-10H2,1-4H3,(H,19,24)/t12-/m0/s1. The van der Waals surface area contributed by atoms with Crippen LogP contribution in [0.5, 0.6) is 11.5 Å². The summed E-state index contributed by atoms with van der Waals surface area (Å²) in [6.07, 6.45) is 1.05. The first kappa shape index (κ1) is 19.5. The Hall–Kier alpha value is -2.29. The molecule has 0 fully saturated rings. The van der Waals surface area contributed by atoms with Gasteiger partial charge in [-0.05, 0) is 50.3 Å². The quantitative estimate of drug-likeness (QED) is 0.691. The molecule has 0 saturated heterocycles. The first-order chi connectivity index (χ1) is 13.0. The number of tetrazole rings is 1. The molecule has 0 spiro atoms. The molecule has 1 N–H and O–H groups in total. The minimum Gasteiger partial charge on any atom is -0.494 e. The van der Waals surface area contributed by atoms with Gasteiger partial charge in [0, 0.05) is 24.1 Å². The largest absolute Gasteiger partial charge is 0.494 e. The number of ether oxygens (including phenoxy) is 2. The highest BCUT2D eigenvalue weighted by Gasteiger charge is 2.22. The zero-order valence-corrected chi connectivity index (χ0v) is 16.9. The lowest BCUT2D eigenvalue weighted by molar-refractivity contribution is -0.118. The van der Waals surface area contributed by atoms with Gasteiger partial charge in [0.25, 0.3) is 0 Å². The van der Waals surface area contributed by atoms with E-state index in [1.165, 1.54) is 11.8 Å². The minimum absolute atomic E-state index is 0.0875. The van der Waals surface area contributed by atoms with E-state index in [2.05, 4.69) is 20.8 Å². The van der Waals surface area contributed by atoms with Crippen molar-refractivity contribution in [1.82, 2.24) is 25.5 Å². The molecule has 8 nitrogen and oxygen atoms in total. The summed E-state index contributed by atoms with van der Waals surface area (Å²) in [5, 5.41) is 15.1. The molecule has 1 aliphatic heterocycles. The highest BCUT2D eigenvalue weighted by Crippen LogP contribution is 2.35. The monoisotopic (exact) mass is 391 g/mol. The van der Waals surface area contributed by atoms with E-state index in [9.17, 15) is 4.79 Å². The number of rotatable bonds is 8. The molecule has 1 atom stereocenters. The van der Waals surface area contributed by atoms with Gasteiger partial charge in [-0.15, -0.1) is 5.10 Å². The number of hydrogen-bond donors (Lipinski definition) is 1. The SMILES string of the molecule is CCOc1cc2c(cc1CNC(=O)CSc1nnnn1C(C)C)O[C@@H](C)C2. The van der Waals surface area contributed by atoms with Crippen molar-refractivity contribution in [2.45, 2.75) is 58.0 Å². The van der Waals surface area contributed by atoms with Crippen LogP contribution in [-0.2, 0) is 17.8 Å². The van der Waals surface area contributed by atoms with E-state index >= 15 is 0 Å². The summed E-state index contributed by atoms with van der Waals surface area (Å²) in [6.45, 7) is 8.94. The minimum atomic E-state index is -0.0875. The Kier molecular flexibility index (Phi) is 6.20. The van der Waals surface area contributed by atoms with Gasteiger partial charge < -0.3 is 14.8 Å². The van der Waals surface area contributed by atoms with Crippen LogP contribution in [0.15, 0.2) is 17.3 Å². The number of carbonyl (C=O) groups excluding carboxylic acids is 1. The fraction of sp³-hybridized carbons (Fsp3) is 0.556. The molecule has 2 heterocycles. The Morgan fingerprint density at radius 2 is 2.30 bits per heavy atom. The second-order valence-corrected chi connectivity index (χ2v) is 7.64. The third-order valence-electron chi connectivity index (χ3n) is 4.14. The number of benzene rings is 1. The smallest absolute Gasteiger partial charge is 0.230 e. The topological polar surface area (TPSA) is 91.2 Å².